The van der Waals surface area contributed by atoms with Crippen molar-refractivity contribution in [2.24, 2.45) is 0 Å². The summed E-state index contributed by atoms with van der Waals surface area (Å²) in [7, 11) is 0. The van der Waals surface area contributed by atoms with Gasteiger partial charge in [-0.3, -0.25) is 9.59 Å². The van der Waals surface area contributed by atoms with Gasteiger partial charge in [0.25, 0.3) is 0 Å². The van der Waals surface area contributed by atoms with Crippen LogP contribution in [0.3, 0.4) is 0 Å². The average molecular weight is 316 g/mol. The first-order valence-corrected chi connectivity index (χ1v) is 6.73. The molecule has 1 aromatic rings. The van der Waals surface area contributed by atoms with E-state index in [-0.39, 0.29) is 12.6 Å². The van der Waals surface area contributed by atoms with Crippen LogP contribution in [0.2, 0.25) is 10.0 Å². The maximum atomic E-state index is 12.0. The number of carboxylic acid groups (broad SMARTS) is 1. The predicted molar refractivity (Wildman–Crippen MR) is 80.0 cm³/mol. The van der Waals surface area contributed by atoms with Gasteiger partial charge >= 0.3 is 5.97 Å². The lowest BCUT2D eigenvalue weighted by atomic mass is 10.2. The molecule has 0 fully saturated rings. The lowest BCUT2D eigenvalue weighted by Gasteiger charge is -2.23. The van der Waals surface area contributed by atoms with Crippen molar-refractivity contribution < 1.29 is 14.7 Å². The van der Waals surface area contributed by atoms with E-state index in [0.29, 0.717) is 15.6 Å². The van der Waals surface area contributed by atoms with Crippen LogP contribution in [0.25, 0.3) is 6.08 Å². The molecule has 0 atom stereocenters. The van der Waals surface area contributed by atoms with Gasteiger partial charge in [-0.25, -0.2) is 0 Å². The summed E-state index contributed by atoms with van der Waals surface area (Å²) >= 11 is 12.0. The zero-order chi connectivity index (χ0) is 15.3. The molecule has 108 valence electrons. The second kappa shape index (κ2) is 7.31. The van der Waals surface area contributed by atoms with Gasteiger partial charge in [0.05, 0.1) is 0 Å². The Labute approximate surface area is 127 Å². The number of halogens is 2. The third-order valence-electron chi connectivity index (χ3n) is 2.60. The summed E-state index contributed by atoms with van der Waals surface area (Å²) in [4.78, 5) is 24.0. The van der Waals surface area contributed by atoms with Crippen molar-refractivity contribution in [3.63, 3.8) is 0 Å². The molecule has 0 radical (unpaired) electrons. The number of carbonyl (C=O) groups is 2. The van der Waals surface area contributed by atoms with Crippen molar-refractivity contribution in [1.82, 2.24) is 4.90 Å². The molecule has 4 nitrogen and oxygen atoms in total. The number of hydrogen-bond acceptors (Lipinski definition) is 2. The van der Waals surface area contributed by atoms with Gasteiger partial charge in [0, 0.05) is 27.7 Å². The van der Waals surface area contributed by atoms with Crippen molar-refractivity contribution in [1.29, 1.82) is 0 Å². The quantitative estimate of drug-likeness (QED) is 0.848. The number of rotatable bonds is 5. The number of nitrogens with zero attached hydrogens (tertiary/aromatic N) is 1. The molecule has 6 heteroatoms. The maximum Gasteiger partial charge on any atom is 0.323 e. The normalized spacial score (nSPS) is 11.1. The van der Waals surface area contributed by atoms with Crippen LogP contribution in [0, 0.1) is 0 Å². The van der Waals surface area contributed by atoms with Crippen LogP contribution in [-0.4, -0.2) is 34.5 Å². The molecule has 20 heavy (non-hydrogen) atoms. The number of hydrogen-bond donors (Lipinski definition) is 1. The van der Waals surface area contributed by atoms with Crippen LogP contribution in [0.1, 0.15) is 19.4 Å². The van der Waals surface area contributed by atoms with Gasteiger partial charge in [-0.2, -0.15) is 0 Å². The molecule has 0 unspecified atom stereocenters. The largest absolute Gasteiger partial charge is 0.480 e. The molecule has 0 saturated heterocycles. The number of carbonyl (C=O) groups excluding carboxylic acids is 1. The zero-order valence-corrected chi connectivity index (χ0v) is 12.6. The second-order valence-electron chi connectivity index (χ2n) is 4.42. The molecule has 1 amide bonds. The van der Waals surface area contributed by atoms with E-state index >= 15 is 0 Å². The van der Waals surface area contributed by atoms with Crippen molar-refractivity contribution >= 4 is 41.2 Å². The Balaban J connectivity index is 2.93. The number of aliphatic carboxylic acids is 1. The van der Waals surface area contributed by atoms with Gasteiger partial charge in [-0.05, 0) is 32.1 Å². The molecule has 0 aliphatic heterocycles. The molecule has 1 aromatic carbocycles. The fourth-order valence-corrected chi connectivity index (χ4v) is 2.10. The topological polar surface area (TPSA) is 57.6 Å². The fraction of sp³-hybridized carbons (Fsp3) is 0.286. The van der Waals surface area contributed by atoms with Gasteiger partial charge in [-0.1, -0.05) is 29.3 Å². The first-order chi connectivity index (χ1) is 9.32. The first kappa shape index (κ1) is 16.5. The summed E-state index contributed by atoms with van der Waals surface area (Å²) in [6.07, 6.45) is 2.76. The monoisotopic (exact) mass is 315 g/mol. The first-order valence-electron chi connectivity index (χ1n) is 5.97. The third kappa shape index (κ3) is 4.54. The number of benzene rings is 1. The van der Waals surface area contributed by atoms with Crippen LogP contribution < -0.4 is 0 Å². The highest BCUT2D eigenvalue weighted by atomic mass is 35.5. The van der Waals surface area contributed by atoms with Gasteiger partial charge < -0.3 is 10.0 Å². The molecule has 0 heterocycles. The smallest absolute Gasteiger partial charge is 0.323 e. The van der Waals surface area contributed by atoms with Crippen LogP contribution >= 0.6 is 23.2 Å². The van der Waals surface area contributed by atoms with Crippen molar-refractivity contribution in [2.75, 3.05) is 6.54 Å². The highest BCUT2D eigenvalue weighted by Gasteiger charge is 2.17. The second-order valence-corrected chi connectivity index (χ2v) is 5.24. The SMILES string of the molecule is CC(C)N(CC(=O)O)C(=O)/C=C/c1c(Cl)cccc1Cl. The van der Waals surface area contributed by atoms with Crippen molar-refractivity contribution in [3.05, 3.63) is 39.9 Å². The third-order valence-corrected chi connectivity index (χ3v) is 3.26. The zero-order valence-electron chi connectivity index (χ0n) is 11.1. The summed E-state index contributed by atoms with van der Waals surface area (Å²) in [5.74, 6) is -1.46. The lowest BCUT2D eigenvalue weighted by Crippen LogP contribution is -2.39. The molecule has 0 bridgehead atoms. The van der Waals surface area contributed by atoms with E-state index in [1.54, 1.807) is 32.0 Å². The minimum Gasteiger partial charge on any atom is -0.480 e. The highest BCUT2D eigenvalue weighted by Crippen LogP contribution is 2.25. The minimum absolute atomic E-state index is 0.218. The van der Waals surface area contributed by atoms with E-state index in [1.165, 1.54) is 17.1 Å². The minimum atomic E-state index is -1.06. The summed E-state index contributed by atoms with van der Waals surface area (Å²) in [5, 5.41) is 9.65. The Morgan fingerprint density at radius 3 is 2.30 bits per heavy atom. The van der Waals surface area contributed by atoms with Gasteiger partial charge in [0.15, 0.2) is 0 Å². The van der Waals surface area contributed by atoms with E-state index in [1.807, 2.05) is 0 Å². The molecule has 0 saturated carbocycles. The molecule has 1 rings (SSSR count). The lowest BCUT2D eigenvalue weighted by molar-refractivity contribution is -0.143. The molecule has 0 aliphatic carbocycles. The van der Waals surface area contributed by atoms with Crippen LogP contribution in [0.5, 0.6) is 0 Å². The van der Waals surface area contributed by atoms with E-state index in [2.05, 4.69) is 0 Å². The van der Waals surface area contributed by atoms with Gasteiger partial charge in [0.1, 0.15) is 6.54 Å². The van der Waals surface area contributed by atoms with Crippen LogP contribution in [0.15, 0.2) is 24.3 Å². The Morgan fingerprint density at radius 1 is 1.30 bits per heavy atom. The molecular weight excluding hydrogens is 301 g/mol. The number of amides is 1. The van der Waals surface area contributed by atoms with E-state index < -0.39 is 11.9 Å². The molecule has 0 aromatic heterocycles. The predicted octanol–water partition coefficient (Wildman–Crippen LogP) is 3.33. The number of carboxylic acids is 1. The Morgan fingerprint density at radius 2 is 1.85 bits per heavy atom. The molecule has 0 spiro atoms. The van der Waals surface area contributed by atoms with E-state index in [4.69, 9.17) is 28.3 Å². The van der Waals surface area contributed by atoms with E-state index in [9.17, 15) is 9.59 Å². The molecule has 1 N–H and O–H groups in total. The fourth-order valence-electron chi connectivity index (χ4n) is 1.58. The van der Waals surface area contributed by atoms with Gasteiger partial charge in [0.2, 0.25) is 5.91 Å². The average Bonchev–Trinajstić information content (AvgIpc) is 2.34. The highest BCUT2D eigenvalue weighted by molar-refractivity contribution is 6.37. The maximum absolute atomic E-state index is 12.0. The van der Waals surface area contributed by atoms with Crippen molar-refractivity contribution in [2.45, 2.75) is 19.9 Å². The molecule has 0 aliphatic rings. The summed E-state index contributed by atoms with van der Waals surface area (Å²) < 4.78 is 0. The summed E-state index contributed by atoms with van der Waals surface area (Å²) in [5.41, 5.74) is 0.531. The van der Waals surface area contributed by atoms with E-state index in [0.717, 1.165) is 0 Å². The summed E-state index contributed by atoms with van der Waals surface area (Å²) in [6.45, 7) is 3.14. The Hall–Kier alpha value is -1.52. The standard InChI is InChI=1S/C14H15Cl2NO3/c1-9(2)17(8-14(19)20)13(18)7-6-10-11(15)4-3-5-12(10)16/h3-7,9H,8H2,1-2H3,(H,19,20)/b7-6+. The Bertz CT molecular complexity index is 521. The summed E-state index contributed by atoms with van der Waals surface area (Å²) in [6, 6.07) is 4.81. The molecular formula is C14H15Cl2NO3. The van der Waals surface area contributed by atoms with Gasteiger partial charge in [-0.15, -0.1) is 0 Å². The van der Waals surface area contributed by atoms with Crippen LogP contribution in [-0.2, 0) is 9.59 Å². The Kier molecular flexibility index (Phi) is 6.05. The van der Waals surface area contributed by atoms with Crippen molar-refractivity contribution in [3.8, 4) is 0 Å². The van der Waals surface area contributed by atoms with Crippen LogP contribution in [0.4, 0.5) is 0 Å².